The Morgan fingerprint density at radius 1 is 1.15 bits per heavy atom. The van der Waals surface area contributed by atoms with Gasteiger partial charge in [-0.25, -0.2) is 0 Å². The Bertz CT molecular complexity index is 753. The molecule has 0 atom stereocenters. The summed E-state index contributed by atoms with van der Waals surface area (Å²) in [6, 6.07) is 14.0. The third-order valence-electron chi connectivity index (χ3n) is 4.60. The van der Waals surface area contributed by atoms with Crippen molar-refractivity contribution in [3.05, 3.63) is 52.5 Å². The number of halogens is 1. The number of carbonyl (C=O) groups is 1. The van der Waals surface area contributed by atoms with E-state index in [4.69, 9.17) is 4.74 Å². The average Bonchev–Trinajstić information content (AvgIpc) is 3.16. The summed E-state index contributed by atoms with van der Waals surface area (Å²) in [5.41, 5.74) is 3.23. The Balaban J connectivity index is 1.52. The van der Waals surface area contributed by atoms with Crippen LogP contribution in [0.4, 0.5) is 11.4 Å². The molecule has 0 saturated carbocycles. The fourth-order valence-corrected chi connectivity index (χ4v) is 3.58. The standard InChI is InChI=1S/C21H25BrN2O2/c1-15(2)16-5-10-20(19(22)13-16)26-14-21(25)23-17-6-8-18(9-7-17)24-11-3-4-12-24/h5-10,13,15H,3-4,11-12,14H2,1-2H3,(H,23,25). The highest BCUT2D eigenvalue weighted by Crippen LogP contribution is 2.29. The molecule has 0 unspecified atom stereocenters. The summed E-state index contributed by atoms with van der Waals surface area (Å²) in [5, 5.41) is 2.88. The second-order valence-electron chi connectivity index (χ2n) is 6.92. The maximum absolute atomic E-state index is 12.2. The number of hydrogen-bond donors (Lipinski definition) is 1. The first kappa shape index (κ1) is 18.8. The Kier molecular flexibility index (Phi) is 6.20. The fraction of sp³-hybridized carbons (Fsp3) is 0.381. The van der Waals surface area contributed by atoms with Gasteiger partial charge in [0.15, 0.2) is 6.61 Å². The Morgan fingerprint density at radius 3 is 2.46 bits per heavy atom. The molecule has 0 bridgehead atoms. The van der Waals surface area contributed by atoms with Crippen LogP contribution >= 0.6 is 15.9 Å². The minimum Gasteiger partial charge on any atom is -0.483 e. The quantitative estimate of drug-likeness (QED) is 0.704. The van der Waals surface area contributed by atoms with Crippen molar-refractivity contribution >= 4 is 33.2 Å². The number of amides is 1. The molecule has 2 aromatic rings. The van der Waals surface area contributed by atoms with E-state index >= 15 is 0 Å². The summed E-state index contributed by atoms with van der Waals surface area (Å²) in [7, 11) is 0. The second-order valence-corrected chi connectivity index (χ2v) is 7.78. The minimum atomic E-state index is -0.168. The van der Waals surface area contributed by atoms with E-state index in [0.717, 1.165) is 23.2 Å². The molecule has 138 valence electrons. The van der Waals surface area contributed by atoms with E-state index < -0.39 is 0 Å². The second kappa shape index (κ2) is 8.58. The highest BCUT2D eigenvalue weighted by Gasteiger charge is 2.12. The SMILES string of the molecule is CC(C)c1ccc(OCC(=O)Nc2ccc(N3CCCC3)cc2)c(Br)c1. The summed E-state index contributed by atoms with van der Waals surface area (Å²) in [6.07, 6.45) is 2.51. The van der Waals surface area contributed by atoms with Crippen molar-refractivity contribution in [2.45, 2.75) is 32.6 Å². The Labute approximate surface area is 163 Å². The van der Waals surface area contributed by atoms with Crippen molar-refractivity contribution in [1.82, 2.24) is 0 Å². The number of rotatable bonds is 6. The van der Waals surface area contributed by atoms with Gasteiger partial charge in [0.2, 0.25) is 0 Å². The van der Waals surface area contributed by atoms with Crippen LogP contribution in [0, 0.1) is 0 Å². The molecule has 1 aliphatic heterocycles. The summed E-state index contributed by atoms with van der Waals surface area (Å²) < 4.78 is 6.51. The van der Waals surface area contributed by atoms with Crippen molar-refractivity contribution < 1.29 is 9.53 Å². The topological polar surface area (TPSA) is 41.6 Å². The zero-order valence-electron chi connectivity index (χ0n) is 15.3. The van der Waals surface area contributed by atoms with Crippen LogP contribution in [0.25, 0.3) is 0 Å². The van der Waals surface area contributed by atoms with E-state index in [0.29, 0.717) is 11.7 Å². The van der Waals surface area contributed by atoms with Crippen molar-refractivity contribution in [2.75, 3.05) is 29.9 Å². The number of carbonyl (C=O) groups excluding carboxylic acids is 1. The molecule has 1 saturated heterocycles. The lowest BCUT2D eigenvalue weighted by Gasteiger charge is -2.17. The van der Waals surface area contributed by atoms with E-state index in [9.17, 15) is 4.79 Å². The highest BCUT2D eigenvalue weighted by atomic mass is 79.9. The van der Waals surface area contributed by atoms with Crippen LogP contribution in [0.1, 0.15) is 38.2 Å². The normalized spacial score (nSPS) is 13.9. The van der Waals surface area contributed by atoms with Gasteiger partial charge in [-0.2, -0.15) is 0 Å². The first-order valence-electron chi connectivity index (χ1n) is 9.10. The third kappa shape index (κ3) is 4.79. The van der Waals surface area contributed by atoms with E-state index in [2.05, 4.69) is 52.1 Å². The van der Waals surface area contributed by atoms with Crippen molar-refractivity contribution in [2.24, 2.45) is 0 Å². The lowest BCUT2D eigenvalue weighted by Crippen LogP contribution is -2.20. The predicted molar refractivity (Wildman–Crippen MR) is 110 cm³/mol. The number of hydrogen-bond acceptors (Lipinski definition) is 3. The molecule has 5 heteroatoms. The van der Waals surface area contributed by atoms with Crippen LogP contribution in [-0.2, 0) is 4.79 Å². The van der Waals surface area contributed by atoms with Crippen LogP contribution in [0.15, 0.2) is 46.9 Å². The number of nitrogens with one attached hydrogen (secondary N) is 1. The van der Waals surface area contributed by atoms with E-state index in [1.54, 1.807) is 0 Å². The summed E-state index contributed by atoms with van der Waals surface area (Å²) >= 11 is 3.51. The number of benzene rings is 2. The largest absolute Gasteiger partial charge is 0.483 e. The van der Waals surface area contributed by atoms with Crippen LogP contribution in [0.2, 0.25) is 0 Å². The van der Waals surface area contributed by atoms with Gasteiger partial charge in [-0.3, -0.25) is 4.79 Å². The lowest BCUT2D eigenvalue weighted by molar-refractivity contribution is -0.118. The lowest BCUT2D eigenvalue weighted by atomic mass is 10.0. The molecule has 1 fully saturated rings. The van der Waals surface area contributed by atoms with Crippen LogP contribution < -0.4 is 15.0 Å². The predicted octanol–water partition coefficient (Wildman–Crippen LogP) is 5.19. The molecule has 2 aromatic carbocycles. The number of ether oxygens (including phenoxy) is 1. The van der Waals surface area contributed by atoms with Crippen molar-refractivity contribution in [3.8, 4) is 5.75 Å². The molecule has 1 amide bonds. The van der Waals surface area contributed by atoms with Gasteiger partial charge in [0.05, 0.1) is 4.47 Å². The molecule has 0 aliphatic carbocycles. The summed E-state index contributed by atoms with van der Waals surface area (Å²) in [5.74, 6) is 0.958. The van der Waals surface area contributed by atoms with Crippen molar-refractivity contribution in [3.63, 3.8) is 0 Å². The van der Waals surface area contributed by atoms with Gasteiger partial charge >= 0.3 is 0 Å². The summed E-state index contributed by atoms with van der Waals surface area (Å²) in [6.45, 7) is 6.50. The third-order valence-corrected chi connectivity index (χ3v) is 5.22. The molecule has 1 heterocycles. The highest BCUT2D eigenvalue weighted by molar-refractivity contribution is 9.10. The Morgan fingerprint density at radius 2 is 1.85 bits per heavy atom. The van der Waals surface area contributed by atoms with Gasteiger partial charge < -0.3 is 15.0 Å². The fourth-order valence-electron chi connectivity index (χ4n) is 3.06. The van der Waals surface area contributed by atoms with E-state index in [-0.39, 0.29) is 12.5 Å². The molecule has 1 aliphatic rings. The number of anilines is 2. The molecular weight excluding hydrogens is 392 g/mol. The molecule has 1 N–H and O–H groups in total. The van der Waals surface area contributed by atoms with Gasteiger partial charge in [-0.15, -0.1) is 0 Å². The van der Waals surface area contributed by atoms with Crippen molar-refractivity contribution in [1.29, 1.82) is 0 Å². The van der Waals surface area contributed by atoms with Crippen LogP contribution in [-0.4, -0.2) is 25.6 Å². The van der Waals surface area contributed by atoms with E-state index in [1.165, 1.54) is 24.1 Å². The maximum atomic E-state index is 12.2. The van der Waals surface area contributed by atoms with Gasteiger partial charge in [0, 0.05) is 24.5 Å². The first-order valence-corrected chi connectivity index (χ1v) is 9.89. The molecule has 0 aromatic heterocycles. The van der Waals surface area contributed by atoms with Gasteiger partial charge in [-0.05, 0) is 76.7 Å². The van der Waals surface area contributed by atoms with E-state index in [1.807, 2.05) is 30.3 Å². The zero-order chi connectivity index (χ0) is 18.5. The molecule has 0 radical (unpaired) electrons. The zero-order valence-corrected chi connectivity index (χ0v) is 16.9. The monoisotopic (exact) mass is 416 g/mol. The maximum Gasteiger partial charge on any atom is 0.262 e. The average molecular weight is 417 g/mol. The minimum absolute atomic E-state index is 0.0203. The smallest absolute Gasteiger partial charge is 0.262 e. The van der Waals surface area contributed by atoms with Gasteiger partial charge in [0.1, 0.15) is 5.75 Å². The molecule has 0 spiro atoms. The number of nitrogens with zero attached hydrogens (tertiary/aromatic N) is 1. The summed E-state index contributed by atoms with van der Waals surface area (Å²) in [4.78, 5) is 14.5. The first-order chi connectivity index (χ1) is 12.5. The molecule has 26 heavy (non-hydrogen) atoms. The van der Waals surface area contributed by atoms with Gasteiger partial charge in [-0.1, -0.05) is 19.9 Å². The molecule has 3 rings (SSSR count). The molecule has 4 nitrogen and oxygen atoms in total. The molecular formula is C21H25BrN2O2. The van der Waals surface area contributed by atoms with Crippen LogP contribution in [0.5, 0.6) is 5.75 Å². The van der Waals surface area contributed by atoms with Gasteiger partial charge in [0.25, 0.3) is 5.91 Å². The Hall–Kier alpha value is -2.01. The van der Waals surface area contributed by atoms with Crippen LogP contribution in [0.3, 0.4) is 0 Å².